The fourth-order valence-electron chi connectivity index (χ4n) is 2.90. The highest BCUT2D eigenvalue weighted by atomic mass is 16.1. The second-order valence-electron chi connectivity index (χ2n) is 5.59. The highest BCUT2D eigenvalue weighted by molar-refractivity contribution is 5.90. The lowest BCUT2D eigenvalue weighted by Crippen LogP contribution is -2.06. The summed E-state index contributed by atoms with van der Waals surface area (Å²) in [5.74, 6) is 0. The summed E-state index contributed by atoms with van der Waals surface area (Å²) in [5.41, 5.74) is 4.46. The average Bonchev–Trinajstić information content (AvgIpc) is 2.93. The molecular formula is C20H14N4O. The third-order valence-corrected chi connectivity index (χ3v) is 4.15. The second-order valence-corrected chi connectivity index (χ2v) is 5.59. The molecule has 0 N–H and O–H groups in total. The summed E-state index contributed by atoms with van der Waals surface area (Å²) >= 11 is 0. The van der Waals surface area contributed by atoms with E-state index >= 15 is 0 Å². The zero-order valence-corrected chi connectivity index (χ0v) is 13.6. The Kier molecular flexibility index (Phi) is 4.41. The summed E-state index contributed by atoms with van der Waals surface area (Å²) in [4.78, 5) is 15.9. The van der Waals surface area contributed by atoms with Gasteiger partial charge in [-0.25, -0.2) is 0 Å². The Morgan fingerprint density at radius 3 is 2.48 bits per heavy atom. The zero-order chi connectivity index (χ0) is 17.8. The van der Waals surface area contributed by atoms with Crippen molar-refractivity contribution in [1.82, 2.24) is 9.55 Å². The van der Waals surface area contributed by atoms with E-state index in [2.05, 4.69) is 17.1 Å². The molecular weight excluding hydrogens is 312 g/mol. The van der Waals surface area contributed by atoms with Gasteiger partial charge in [0.25, 0.3) is 0 Å². The Hall–Kier alpha value is -3.70. The number of nitriles is 2. The van der Waals surface area contributed by atoms with Crippen molar-refractivity contribution in [3.05, 3.63) is 76.9 Å². The first kappa shape index (κ1) is 16.2. The highest BCUT2D eigenvalue weighted by Gasteiger charge is 2.21. The van der Waals surface area contributed by atoms with Crippen molar-refractivity contribution >= 4 is 6.29 Å². The molecule has 2 heterocycles. The van der Waals surface area contributed by atoms with Crippen LogP contribution in [0.3, 0.4) is 0 Å². The lowest BCUT2D eigenvalue weighted by Gasteiger charge is -2.09. The van der Waals surface area contributed by atoms with Crippen molar-refractivity contribution in [3.8, 4) is 23.3 Å². The Labute approximate surface area is 145 Å². The third-order valence-electron chi connectivity index (χ3n) is 4.15. The van der Waals surface area contributed by atoms with Crippen LogP contribution in [0, 0.1) is 29.6 Å². The van der Waals surface area contributed by atoms with Crippen molar-refractivity contribution in [3.63, 3.8) is 0 Å². The van der Waals surface area contributed by atoms with Crippen LogP contribution < -0.4 is 0 Å². The lowest BCUT2D eigenvalue weighted by molar-refractivity contribution is 0.111. The van der Waals surface area contributed by atoms with E-state index in [1.54, 1.807) is 36.7 Å². The minimum Gasteiger partial charge on any atom is -0.336 e. The molecule has 0 bridgehead atoms. The van der Waals surface area contributed by atoms with E-state index in [0.29, 0.717) is 28.9 Å². The second kappa shape index (κ2) is 6.82. The summed E-state index contributed by atoms with van der Waals surface area (Å²) in [7, 11) is 0. The van der Waals surface area contributed by atoms with E-state index in [1.807, 2.05) is 23.6 Å². The van der Waals surface area contributed by atoms with Gasteiger partial charge < -0.3 is 4.57 Å². The van der Waals surface area contributed by atoms with Gasteiger partial charge in [0.2, 0.25) is 0 Å². The van der Waals surface area contributed by atoms with Crippen LogP contribution in [0.5, 0.6) is 0 Å². The first-order valence-corrected chi connectivity index (χ1v) is 7.67. The maximum atomic E-state index is 11.8. The van der Waals surface area contributed by atoms with E-state index < -0.39 is 0 Å². The van der Waals surface area contributed by atoms with Crippen molar-refractivity contribution in [2.75, 3.05) is 0 Å². The van der Waals surface area contributed by atoms with Crippen LogP contribution in [0.25, 0.3) is 11.1 Å². The molecule has 0 aliphatic carbocycles. The van der Waals surface area contributed by atoms with Crippen LogP contribution in [0.15, 0.2) is 48.8 Å². The summed E-state index contributed by atoms with van der Waals surface area (Å²) < 4.78 is 1.83. The summed E-state index contributed by atoms with van der Waals surface area (Å²) in [6.07, 6.45) is 4.20. The molecule has 0 aliphatic heterocycles. The topological polar surface area (TPSA) is 82.5 Å². The minimum absolute atomic E-state index is 0.447. The molecule has 5 heteroatoms. The van der Waals surface area contributed by atoms with Gasteiger partial charge in [-0.05, 0) is 36.2 Å². The summed E-state index contributed by atoms with van der Waals surface area (Å²) in [6.45, 7) is 2.29. The molecule has 0 saturated carbocycles. The van der Waals surface area contributed by atoms with Crippen molar-refractivity contribution < 1.29 is 4.79 Å². The molecule has 0 fully saturated rings. The zero-order valence-electron chi connectivity index (χ0n) is 13.6. The number of pyridine rings is 1. The average molecular weight is 326 g/mol. The molecule has 0 radical (unpaired) electrons. The van der Waals surface area contributed by atoms with Gasteiger partial charge in [0.05, 0.1) is 22.9 Å². The largest absolute Gasteiger partial charge is 0.336 e. The standard InChI is InChI=1S/C20H14N4O/c1-14-18(10-22)20(17-6-4-15(9-21)5-7-17)19(13-25)24(14)12-16-3-2-8-23-11-16/h2-8,11,13H,12H2,1H3. The Morgan fingerprint density at radius 2 is 1.92 bits per heavy atom. The van der Waals surface area contributed by atoms with Crippen LogP contribution in [0.4, 0.5) is 0 Å². The predicted octanol–water partition coefficient (Wildman–Crippen LogP) is 3.46. The first-order valence-electron chi connectivity index (χ1n) is 7.67. The fraction of sp³-hybridized carbons (Fsp3) is 0.100. The smallest absolute Gasteiger partial charge is 0.167 e. The third kappa shape index (κ3) is 2.91. The molecule has 0 unspecified atom stereocenters. The number of rotatable bonds is 4. The molecule has 3 rings (SSSR count). The molecule has 2 aromatic heterocycles. The fourth-order valence-corrected chi connectivity index (χ4v) is 2.90. The van der Waals surface area contributed by atoms with Crippen LogP contribution in [-0.2, 0) is 6.54 Å². The maximum Gasteiger partial charge on any atom is 0.167 e. The lowest BCUT2D eigenvalue weighted by atomic mass is 10.00. The Bertz CT molecular complexity index is 1000. The van der Waals surface area contributed by atoms with E-state index in [9.17, 15) is 10.1 Å². The quantitative estimate of drug-likeness (QED) is 0.687. The van der Waals surface area contributed by atoms with E-state index in [0.717, 1.165) is 23.1 Å². The number of carbonyl (C=O) groups excluding carboxylic acids is 1. The number of aromatic nitrogens is 2. The molecule has 1 aromatic carbocycles. The molecule has 3 aromatic rings. The molecule has 0 amide bonds. The number of nitrogens with zero attached hydrogens (tertiary/aromatic N) is 4. The van der Waals surface area contributed by atoms with Crippen molar-refractivity contribution in [1.29, 1.82) is 10.5 Å². The summed E-state index contributed by atoms with van der Waals surface area (Å²) in [6, 6.07) is 14.9. The van der Waals surface area contributed by atoms with Gasteiger partial charge in [-0.3, -0.25) is 9.78 Å². The van der Waals surface area contributed by atoms with E-state index in [-0.39, 0.29) is 0 Å². The molecule has 0 atom stereocenters. The number of hydrogen-bond acceptors (Lipinski definition) is 4. The molecule has 0 spiro atoms. The van der Waals surface area contributed by atoms with Crippen molar-refractivity contribution in [2.24, 2.45) is 0 Å². The molecule has 5 nitrogen and oxygen atoms in total. The number of aldehydes is 1. The van der Waals surface area contributed by atoms with Gasteiger partial charge in [-0.1, -0.05) is 18.2 Å². The molecule has 0 saturated heterocycles. The van der Waals surface area contributed by atoms with Crippen LogP contribution in [-0.4, -0.2) is 15.8 Å². The molecule has 0 aliphatic rings. The van der Waals surface area contributed by atoms with Gasteiger partial charge in [-0.15, -0.1) is 0 Å². The number of carbonyl (C=O) groups is 1. The minimum atomic E-state index is 0.447. The maximum absolute atomic E-state index is 11.8. The first-order chi connectivity index (χ1) is 12.2. The van der Waals surface area contributed by atoms with Crippen molar-refractivity contribution in [2.45, 2.75) is 13.5 Å². The molecule has 25 heavy (non-hydrogen) atoms. The summed E-state index contributed by atoms with van der Waals surface area (Å²) in [5, 5.41) is 18.6. The monoisotopic (exact) mass is 326 g/mol. The Morgan fingerprint density at radius 1 is 1.16 bits per heavy atom. The van der Waals surface area contributed by atoms with Crippen LogP contribution in [0.2, 0.25) is 0 Å². The number of hydrogen-bond donors (Lipinski definition) is 0. The highest BCUT2D eigenvalue weighted by Crippen LogP contribution is 2.32. The van der Waals surface area contributed by atoms with Gasteiger partial charge in [0.1, 0.15) is 6.07 Å². The normalized spacial score (nSPS) is 10.0. The SMILES string of the molecule is Cc1c(C#N)c(-c2ccc(C#N)cc2)c(C=O)n1Cc1cccnc1. The van der Waals surface area contributed by atoms with E-state index in [1.165, 1.54) is 0 Å². The van der Waals surface area contributed by atoms with Gasteiger partial charge in [-0.2, -0.15) is 10.5 Å². The van der Waals surface area contributed by atoms with E-state index in [4.69, 9.17) is 5.26 Å². The van der Waals surface area contributed by atoms with Gasteiger partial charge in [0.15, 0.2) is 6.29 Å². The van der Waals surface area contributed by atoms with Crippen LogP contribution in [0.1, 0.15) is 32.9 Å². The predicted molar refractivity (Wildman–Crippen MR) is 92.8 cm³/mol. The Balaban J connectivity index is 2.18. The van der Waals surface area contributed by atoms with Crippen LogP contribution >= 0.6 is 0 Å². The molecule has 120 valence electrons. The van der Waals surface area contributed by atoms with Gasteiger partial charge >= 0.3 is 0 Å². The number of benzene rings is 1. The van der Waals surface area contributed by atoms with Gasteiger partial charge in [0, 0.05) is 30.2 Å².